The van der Waals surface area contributed by atoms with Gasteiger partial charge in [-0.1, -0.05) is 24.3 Å². The predicted molar refractivity (Wildman–Crippen MR) is 81.1 cm³/mol. The number of rotatable bonds is 5. The molecule has 0 aliphatic carbocycles. The molecule has 21 heavy (non-hydrogen) atoms. The van der Waals surface area contributed by atoms with Crippen molar-refractivity contribution in [3.05, 3.63) is 35.4 Å². The van der Waals surface area contributed by atoms with Gasteiger partial charge in [0.1, 0.15) is 0 Å². The third kappa shape index (κ3) is 3.63. The fourth-order valence-corrected chi connectivity index (χ4v) is 4.19. The average molecular weight is 310 g/mol. The first-order chi connectivity index (χ1) is 10.1. The first kappa shape index (κ1) is 15.0. The molecule has 6 heteroatoms. The van der Waals surface area contributed by atoms with Gasteiger partial charge in [0.05, 0.1) is 6.10 Å². The Labute approximate surface area is 126 Å². The molecule has 0 saturated carbocycles. The standard InChI is InChI=1S/C15H22N2O3S/c18-21(19,16-9-7-15-6-3-11-20-15)17-10-8-13-4-1-2-5-14(13)12-17/h1-2,4-5,15-16H,3,6-12H2. The van der Waals surface area contributed by atoms with Crippen LogP contribution in [0.15, 0.2) is 24.3 Å². The van der Waals surface area contributed by atoms with Gasteiger partial charge in [-0.25, -0.2) is 4.72 Å². The van der Waals surface area contributed by atoms with Crippen molar-refractivity contribution in [2.45, 2.75) is 38.3 Å². The summed E-state index contributed by atoms with van der Waals surface area (Å²) >= 11 is 0. The molecular weight excluding hydrogens is 288 g/mol. The van der Waals surface area contributed by atoms with E-state index in [9.17, 15) is 8.42 Å². The van der Waals surface area contributed by atoms with Crippen molar-refractivity contribution in [3.63, 3.8) is 0 Å². The minimum atomic E-state index is -3.39. The van der Waals surface area contributed by atoms with E-state index < -0.39 is 10.2 Å². The van der Waals surface area contributed by atoms with Crippen molar-refractivity contribution in [3.8, 4) is 0 Å². The second kappa shape index (κ2) is 6.44. The average Bonchev–Trinajstić information content (AvgIpc) is 3.00. The van der Waals surface area contributed by atoms with Gasteiger partial charge < -0.3 is 4.74 Å². The van der Waals surface area contributed by atoms with E-state index in [4.69, 9.17) is 4.74 Å². The van der Waals surface area contributed by atoms with Gasteiger partial charge in [0.15, 0.2) is 0 Å². The molecule has 1 aromatic rings. The Bertz CT molecular complexity index is 582. The maximum absolute atomic E-state index is 12.3. The molecule has 1 aromatic carbocycles. The summed E-state index contributed by atoms with van der Waals surface area (Å²) in [6, 6.07) is 8.04. The summed E-state index contributed by atoms with van der Waals surface area (Å²) in [7, 11) is -3.39. The molecule has 1 atom stereocenters. The van der Waals surface area contributed by atoms with Gasteiger partial charge in [-0.2, -0.15) is 12.7 Å². The lowest BCUT2D eigenvalue weighted by Gasteiger charge is -2.28. The number of hydrogen-bond acceptors (Lipinski definition) is 3. The Kier molecular flexibility index (Phi) is 4.59. The molecule has 2 heterocycles. The normalized spacial score (nSPS) is 23.1. The summed E-state index contributed by atoms with van der Waals surface area (Å²) in [4.78, 5) is 0. The van der Waals surface area contributed by atoms with E-state index in [1.165, 1.54) is 9.87 Å². The lowest BCUT2D eigenvalue weighted by Crippen LogP contribution is -2.44. The van der Waals surface area contributed by atoms with Crippen LogP contribution in [0.1, 0.15) is 30.4 Å². The van der Waals surface area contributed by atoms with Crippen molar-refractivity contribution in [2.75, 3.05) is 19.7 Å². The van der Waals surface area contributed by atoms with Crippen molar-refractivity contribution in [1.82, 2.24) is 9.03 Å². The van der Waals surface area contributed by atoms with Crippen LogP contribution in [0, 0.1) is 0 Å². The molecule has 1 fully saturated rings. The Morgan fingerprint density at radius 2 is 2.10 bits per heavy atom. The highest BCUT2D eigenvalue weighted by atomic mass is 32.2. The fraction of sp³-hybridized carbons (Fsp3) is 0.600. The van der Waals surface area contributed by atoms with Crippen LogP contribution < -0.4 is 4.72 Å². The van der Waals surface area contributed by atoms with E-state index in [2.05, 4.69) is 10.8 Å². The molecule has 2 aliphatic rings. The van der Waals surface area contributed by atoms with Crippen LogP contribution in [0.4, 0.5) is 0 Å². The van der Waals surface area contributed by atoms with E-state index in [0.717, 1.165) is 37.9 Å². The Balaban J connectivity index is 1.55. The van der Waals surface area contributed by atoms with Crippen LogP contribution in [0.2, 0.25) is 0 Å². The first-order valence-corrected chi connectivity index (χ1v) is 9.02. The van der Waals surface area contributed by atoms with Gasteiger partial charge in [-0.3, -0.25) is 0 Å². The van der Waals surface area contributed by atoms with E-state index in [1.807, 2.05) is 18.2 Å². The molecule has 0 bridgehead atoms. The number of benzene rings is 1. The highest BCUT2D eigenvalue weighted by molar-refractivity contribution is 7.87. The summed E-state index contributed by atoms with van der Waals surface area (Å²) in [6.07, 6.45) is 3.88. The van der Waals surface area contributed by atoms with Crippen molar-refractivity contribution < 1.29 is 13.2 Å². The SMILES string of the molecule is O=S(=O)(NCCC1CCCO1)N1CCc2ccccc2C1. The van der Waals surface area contributed by atoms with Gasteiger partial charge in [-0.05, 0) is 36.8 Å². The minimum absolute atomic E-state index is 0.217. The smallest absolute Gasteiger partial charge is 0.279 e. The summed E-state index contributed by atoms with van der Waals surface area (Å²) in [5.74, 6) is 0. The quantitative estimate of drug-likeness (QED) is 0.895. The highest BCUT2D eigenvalue weighted by Gasteiger charge is 2.26. The topological polar surface area (TPSA) is 58.6 Å². The molecule has 5 nitrogen and oxygen atoms in total. The minimum Gasteiger partial charge on any atom is -0.378 e. The van der Waals surface area contributed by atoms with Crippen molar-refractivity contribution in [2.24, 2.45) is 0 Å². The molecule has 1 unspecified atom stereocenters. The van der Waals surface area contributed by atoms with E-state index >= 15 is 0 Å². The second-order valence-corrected chi connectivity index (χ2v) is 7.43. The maximum atomic E-state index is 12.3. The molecule has 1 N–H and O–H groups in total. The van der Waals surface area contributed by atoms with E-state index in [0.29, 0.717) is 19.6 Å². The van der Waals surface area contributed by atoms with Crippen LogP contribution >= 0.6 is 0 Å². The molecular formula is C15H22N2O3S. The molecule has 0 aromatic heterocycles. The number of nitrogens with zero attached hydrogens (tertiary/aromatic N) is 1. The lowest BCUT2D eigenvalue weighted by molar-refractivity contribution is 0.105. The van der Waals surface area contributed by atoms with E-state index in [1.54, 1.807) is 0 Å². The van der Waals surface area contributed by atoms with E-state index in [-0.39, 0.29) is 6.10 Å². The van der Waals surface area contributed by atoms with Gasteiger partial charge >= 0.3 is 0 Å². The summed E-state index contributed by atoms with van der Waals surface area (Å²) in [5.41, 5.74) is 2.36. The fourth-order valence-electron chi connectivity index (χ4n) is 2.99. The molecule has 116 valence electrons. The highest BCUT2D eigenvalue weighted by Crippen LogP contribution is 2.20. The molecule has 1 saturated heterocycles. The zero-order valence-electron chi connectivity index (χ0n) is 12.1. The maximum Gasteiger partial charge on any atom is 0.279 e. The van der Waals surface area contributed by atoms with Crippen LogP contribution in [0.3, 0.4) is 0 Å². The molecule has 2 aliphatic heterocycles. The number of fused-ring (bicyclic) bond motifs is 1. The van der Waals surface area contributed by atoms with Crippen molar-refractivity contribution in [1.29, 1.82) is 0 Å². The Morgan fingerprint density at radius 1 is 1.29 bits per heavy atom. The molecule has 3 rings (SSSR count). The van der Waals surface area contributed by atoms with Crippen LogP contribution in [-0.2, 0) is 27.9 Å². The predicted octanol–water partition coefficient (Wildman–Crippen LogP) is 1.45. The van der Waals surface area contributed by atoms with Gasteiger partial charge in [0.25, 0.3) is 10.2 Å². The van der Waals surface area contributed by atoms with Crippen molar-refractivity contribution >= 4 is 10.2 Å². The number of nitrogens with one attached hydrogen (secondary N) is 1. The summed E-state index contributed by atoms with van der Waals surface area (Å²) in [6.45, 7) is 2.27. The summed E-state index contributed by atoms with van der Waals surface area (Å²) < 4.78 is 34.4. The lowest BCUT2D eigenvalue weighted by atomic mass is 10.0. The Hall–Kier alpha value is -0.950. The van der Waals surface area contributed by atoms with Gasteiger partial charge in [0, 0.05) is 26.2 Å². The molecule has 0 amide bonds. The third-order valence-electron chi connectivity index (χ3n) is 4.21. The largest absolute Gasteiger partial charge is 0.378 e. The first-order valence-electron chi connectivity index (χ1n) is 7.58. The van der Waals surface area contributed by atoms with Gasteiger partial charge in [0.2, 0.25) is 0 Å². The zero-order valence-corrected chi connectivity index (χ0v) is 12.9. The van der Waals surface area contributed by atoms with Gasteiger partial charge in [-0.15, -0.1) is 0 Å². The van der Waals surface area contributed by atoms with Crippen LogP contribution in [0.25, 0.3) is 0 Å². The molecule has 0 radical (unpaired) electrons. The van der Waals surface area contributed by atoms with Crippen LogP contribution in [0.5, 0.6) is 0 Å². The third-order valence-corrected chi connectivity index (χ3v) is 5.77. The monoisotopic (exact) mass is 310 g/mol. The summed E-state index contributed by atoms with van der Waals surface area (Å²) in [5, 5.41) is 0. The second-order valence-electron chi connectivity index (χ2n) is 5.68. The number of hydrogen-bond donors (Lipinski definition) is 1. The van der Waals surface area contributed by atoms with Crippen LogP contribution in [-0.4, -0.2) is 38.5 Å². The zero-order chi connectivity index (χ0) is 14.7. The molecule has 0 spiro atoms. The Morgan fingerprint density at radius 3 is 2.86 bits per heavy atom. The number of ether oxygens (including phenoxy) is 1.